The molecule has 0 heterocycles. The molecule has 1 N–H and O–H groups in total. The van der Waals surface area contributed by atoms with Crippen molar-refractivity contribution in [2.75, 3.05) is 19.7 Å². The molecule has 0 radical (unpaired) electrons. The molecule has 9 heteroatoms. The molecule has 0 saturated carbocycles. The normalized spacial score (nSPS) is 12.4. The monoisotopic (exact) mass is 464 g/mol. The summed E-state index contributed by atoms with van der Waals surface area (Å²) < 4.78 is 45.5. The largest absolute Gasteiger partial charge is 0.452 e. The summed E-state index contributed by atoms with van der Waals surface area (Å²) in [7, 11) is -3.87. The van der Waals surface area contributed by atoms with E-state index in [1.807, 2.05) is 37.3 Å². The molecule has 0 aliphatic heterocycles. The summed E-state index contributed by atoms with van der Waals surface area (Å²) in [6, 6.07) is 12.6. The van der Waals surface area contributed by atoms with Crippen molar-refractivity contribution in [3.63, 3.8) is 0 Å². The van der Waals surface area contributed by atoms with Gasteiger partial charge >= 0.3 is 5.97 Å². The number of nitrogens with zero attached hydrogens (tertiary/aromatic N) is 1. The van der Waals surface area contributed by atoms with Crippen LogP contribution in [-0.4, -0.2) is 50.3 Å². The molecule has 1 amide bonds. The van der Waals surface area contributed by atoms with E-state index in [2.05, 4.69) is 5.32 Å². The van der Waals surface area contributed by atoms with Crippen LogP contribution in [0.5, 0.6) is 0 Å². The van der Waals surface area contributed by atoms with Gasteiger partial charge in [-0.25, -0.2) is 17.6 Å². The van der Waals surface area contributed by atoms with Crippen LogP contribution in [0.15, 0.2) is 53.4 Å². The Balaban J connectivity index is 1.95. The average Bonchev–Trinajstić information content (AvgIpc) is 2.77. The maximum absolute atomic E-state index is 14.2. The van der Waals surface area contributed by atoms with Crippen molar-refractivity contribution in [2.45, 2.75) is 44.6 Å². The molecule has 2 rings (SSSR count). The predicted molar refractivity (Wildman–Crippen MR) is 119 cm³/mol. The number of sulfonamides is 1. The molecule has 0 bridgehead atoms. The first-order valence-corrected chi connectivity index (χ1v) is 11.9. The van der Waals surface area contributed by atoms with E-state index in [-0.39, 0.29) is 24.0 Å². The van der Waals surface area contributed by atoms with Crippen LogP contribution in [-0.2, 0) is 26.0 Å². The molecule has 0 aliphatic rings. The van der Waals surface area contributed by atoms with E-state index in [0.29, 0.717) is 6.42 Å². The minimum atomic E-state index is -3.87. The number of halogens is 1. The highest BCUT2D eigenvalue weighted by atomic mass is 32.2. The van der Waals surface area contributed by atoms with Crippen molar-refractivity contribution in [3.8, 4) is 0 Å². The van der Waals surface area contributed by atoms with E-state index in [1.54, 1.807) is 13.8 Å². The summed E-state index contributed by atoms with van der Waals surface area (Å²) in [6.45, 7) is 5.07. The number of rotatable bonds is 11. The molecule has 174 valence electrons. The second-order valence-electron chi connectivity index (χ2n) is 7.30. The van der Waals surface area contributed by atoms with Gasteiger partial charge in [-0.15, -0.1) is 0 Å². The minimum absolute atomic E-state index is 0.152. The molecular weight excluding hydrogens is 435 g/mol. The SMILES string of the molecule is CCN(CC)S(=O)(=O)c1ccc(F)c(C(=O)OCC(=O)NC(C)CCc2ccccc2)c1. The van der Waals surface area contributed by atoms with Gasteiger partial charge in [0, 0.05) is 19.1 Å². The zero-order valence-corrected chi connectivity index (χ0v) is 19.3. The maximum atomic E-state index is 14.2. The van der Waals surface area contributed by atoms with Gasteiger partial charge in [-0.2, -0.15) is 4.31 Å². The van der Waals surface area contributed by atoms with Crippen molar-refractivity contribution in [1.29, 1.82) is 0 Å². The molecule has 1 atom stereocenters. The van der Waals surface area contributed by atoms with Crippen LogP contribution < -0.4 is 5.32 Å². The number of hydrogen-bond donors (Lipinski definition) is 1. The first kappa shape index (κ1) is 25.5. The van der Waals surface area contributed by atoms with Crippen LogP contribution in [0.4, 0.5) is 4.39 Å². The zero-order valence-electron chi connectivity index (χ0n) is 18.5. The number of aryl methyl sites for hydroxylation is 1. The van der Waals surface area contributed by atoms with E-state index >= 15 is 0 Å². The highest BCUT2D eigenvalue weighted by Crippen LogP contribution is 2.20. The summed E-state index contributed by atoms with van der Waals surface area (Å²) in [5.41, 5.74) is 0.609. The standard InChI is InChI=1S/C23H29FN2O5S/c1-4-26(5-2)32(29,30)19-13-14-21(24)20(15-19)23(28)31-16-22(27)25-17(3)11-12-18-9-7-6-8-10-18/h6-10,13-15,17H,4-5,11-12,16H2,1-3H3,(H,25,27). The fraction of sp³-hybridized carbons (Fsp3) is 0.391. The number of carbonyl (C=O) groups excluding carboxylic acids is 2. The van der Waals surface area contributed by atoms with Crippen molar-refractivity contribution >= 4 is 21.9 Å². The van der Waals surface area contributed by atoms with Gasteiger partial charge < -0.3 is 10.1 Å². The average molecular weight is 465 g/mol. The maximum Gasteiger partial charge on any atom is 0.341 e. The van der Waals surface area contributed by atoms with Crippen molar-refractivity contribution in [3.05, 3.63) is 65.5 Å². The Morgan fingerprint density at radius 2 is 1.75 bits per heavy atom. The number of ether oxygens (including phenoxy) is 1. The van der Waals surface area contributed by atoms with Crippen LogP contribution in [0.2, 0.25) is 0 Å². The Kier molecular flexibility index (Phi) is 9.34. The Labute approximate surface area is 188 Å². The second-order valence-corrected chi connectivity index (χ2v) is 9.24. The van der Waals surface area contributed by atoms with Crippen molar-refractivity contribution in [1.82, 2.24) is 9.62 Å². The van der Waals surface area contributed by atoms with Gasteiger partial charge in [0.2, 0.25) is 10.0 Å². The molecule has 0 saturated heterocycles. The third-order valence-electron chi connectivity index (χ3n) is 4.95. The third-order valence-corrected chi connectivity index (χ3v) is 7.00. The smallest absolute Gasteiger partial charge is 0.341 e. The molecule has 2 aromatic carbocycles. The number of nitrogens with one attached hydrogen (secondary N) is 1. The lowest BCUT2D eigenvalue weighted by molar-refractivity contribution is -0.124. The quantitative estimate of drug-likeness (QED) is 0.516. The van der Waals surface area contributed by atoms with Gasteiger partial charge in [0.1, 0.15) is 5.82 Å². The Bertz CT molecular complexity index is 1020. The van der Waals surface area contributed by atoms with E-state index in [0.717, 1.165) is 30.2 Å². The number of hydrogen-bond acceptors (Lipinski definition) is 5. The van der Waals surface area contributed by atoms with Gasteiger partial charge in [0.15, 0.2) is 6.61 Å². The molecule has 1 unspecified atom stereocenters. The minimum Gasteiger partial charge on any atom is -0.452 e. The first-order chi connectivity index (χ1) is 15.2. The lowest BCUT2D eigenvalue weighted by Gasteiger charge is -2.19. The van der Waals surface area contributed by atoms with Gasteiger partial charge in [-0.1, -0.05) is 44.2 Å². The highest BCUT2D eigenvalue weighted by Gasteiger charge is 2.25. The molecule has 0 fully saturated rings. The fourth-order valence-corrected chi connectivity index (χ4v) is 4.64. The highest BCUT2D eigenvalue weighted by molar-refractivity contribution is 7.89. The van der Waals surface area contributed by atoms with Crippen LogP contribution >= 0.6 is 0 Å². The van der Waals surface area contributed by atoms with E-state index in [1.165, 1.54) is 4.31 Å². The van der Waals surface area contributed by atoms with Gasteiger partial charge in [0.25, 0.3) is 5.91 Å². The summed E-state index contributed by atoms with van der Waals surface area (Å²) in [5, 5.41) is 2.72. The number of carbonyl (C=O) groups is 2. The predicted octanol–water partition coefficient (Wildman–Crippen LogP) is 3.15. The first-order valence-electron chi connectivity index (χ1n) is 10.5. The van der Waals surface area contributed by atoms with E-state index in [9.17, 15) is 22.4 Å². The lowest BCUT2D eigenvalue weighted by atomic mass is 10.1. The molecule has 0 aromatic heterocycles. The number of benzene rings is 2. The second kappa shape index (κ2) is 11.7. The van der Waals surface area contributed by atoms with Crippen LogP contribution in [0, 0.1) is 5.82 Å². The Morgan fingerprint density at radius 3 is 2.38 bits per heavy atom. The summed E-state index contributed by atoms with van der Waals surface area (Å²) in [5.74, 6) is -2.55. The van der Waals surface area contributed by atoms with Gasteiger partial charge in [-0.05, 0) is 43.5 Å². The van der Waals surface area contributed by atoms with Crippen molar-refractivity contribution < 1.29 is 27.1 Å². The topological polar surface area (TPSA) is 92.8 Å². The van der Waals surface area contributed by atoms with Gasteiger partial charge in [0.05, 0.1) is 10.5 Å². The molecular formula is C23H29FN2O5S. The van der Waals surface area contributed by atoms with Crippen LogP contribution in [0.25, 0.3) is 0 Å². The number of amides is 1. The Hall–Kier alpha value is -2.78. The third kappa shape index (κ3) is 6.86. The molecule has 32 heavy (non-hydrogen) atoms. The summed E-state index contributed by atoms with van der Waals surface area (Å²) >= 11 is 0. The molecule has 0 spiro atoms. The fourth-order valence-electron chi connectivity index (χ4n) is 3.16. The summed E-state index contributed by atoms with van der Waals surface area (Å²) in [6.07, 6.45) is 1.48. The lowest BCUT2D eigenvalue weighted by Crippen LogP contribution is -2.36. The van der Waals surface area contributed by atoms with Crippen LogP contribution in [0.1, 0.15) is 43.1 Å². The van der Waals surface area contributed by atoms with E-state index in [4.69, 9.17) is 4.74 Å². The van der Waals surface area contributed by atoms with Crippen molar-refractivity contribution in [2.24, 2.45) is 0 Å². The molecule has 7 nitrogen and oxygen atoms in total. The van der Waals surface area contributed by atoms with Crippen LogP contribution in [0.3, 0.4) is 0 Å². The number of esters is 1. The Morgan fingerprint density at radius 1 is 1.09 bits per heavy atom. The zero-order chi connectivity index (χ0) is 23.7. The summed E-state index contributed by atoms with van der Waals surface area (Å²) in [4.78, 5) is 24.2. The molecule has 2 aromatic rings. The van der Waals surface area contributed by atoms with Gasteiger partial charge in [-0.3, -0.25) is 4.79 Å². The molecule has 0 aliphatic carbocycles. The van der Waals surface area contributed by atoms with E-state index < -0.39 is 39.9 Å².